The van der Waals surface area contributed by atoms with Crippen molar-refractivity contribution in [1.29, 1.82) is 0 Å². The van der Waals surface area contributed by atoms with Gasteiger partial charge < -0.3 is 34.1 Å². The third kappa shape index (κ3) is 3.34. The van der Waals surface area contributed by atoms with Crippen LogP contribution in [0, 0.1) is 0 Å². The Labute approximate surface area is 202 Å². The lowest BCUT2D eigenvalue weighted by atomic mass is 9.50. The fraction of sp³-hybridized carbons (Fsp3) is 0.560. The van der Waals surface area contributed by atoms with Gasteiger partial charge in [-0.15, -0.1) is 0 Å². The number of likely N-dealkylation sites (N-methyl/N-ethyl adjacent to an activating group) is 1. The standard InChI is InChI=1S/C25H29NO9/c1-13(23(29)30)33-18(27)6-7-19(28)34-16-8-9-25(31)17-12-14-4-5-15(32-3)21-20(14)24(25,22(16)35-21)10-11-26(17)2/h4-5,8,13,17,22,31H,6-7,9-12H2,1-3H3,(H,29,30)/t13-,17-,22-,24-,25+/m0/s1. The van der Waals surface area contributed by atoms with E-state index in [9.17, 15) is 19.5 Å². The number of hydrogen-bond acceptors (Lipinski definition) is 9. The number of likely N-dealkylation sites (tertiary alicyclic amines) is 1. The average Bonchev–Trinajstić information content (AvgIpc) is 3.17. The van der Waals surface area contributed by atoms with Crippen molar-refractivity contribution in [3.63, 3.8) is 0 Å². The molecule has 0 radical (unpaired) electrons. The molecule has 2 aliphatic heterocycles. The molecule has 0 saturated carbocycles. The summed E-state index contributed by atoms with van der Waals surface area (Å²) in [4.78, 5) is 37.6. The van der Waals surface area contributed by atoms with Crippen LogP contribution in [-0.4, -0.2) is 77.6 Å². The Morgan fingerprint density at radius 2 is 2.00 bits per heavy atom. The highest BCUT2D eigenvalue weighted by Crippen LogP contribution is 2.65. The van der Waals surface area contributed by atoms with Crippen molar-refractivity contribution in [2.75, 3.05) is 20.7 Å². The Bertz CT molecular complexity index is 1130. The molecular weight excluding hydrogens is 458 g/mol. The Balaban J connectivity index is 1.41. The van der Waals surface area contributed by atoms with Gasteiger partial charge in [0.25, 0.3) is 0 Å². The zero-order valence-corrected chi connectivity index (χ0v) is 19.9. The molecule has 0 amide bonds. The minimum Gasteiger partial charge on any atom is -0.493 e. The van der Waals surface area contributed by atoms with Gasteiger partial charge in [0, 0.05) is 18.0 Å². The minimum atomic E-state index is -1.30. The van der Waals surface area contributed by atoms with E-state index in [-0.39, 0.29) is 18.9 Å². The van der Waals surface area contributed by atoms with Crippen molar-refractivity contribution >= 4 is 17.9 Å². The highest BCUT2D eigenvalue weighted by atomic mass is 16.6. The molecule has 5 rings (SSSR count). The van der Waals surface area contributed by atoms with E-state index in [1.807, 2.05) is 19.2 Å². The number of aliphatic carboxylic acids is 1. The number of carboxylic acids is 1. The van der Waals surface area contributed by atoms with Gasteiger partial charge >= 0.3 is 17.9 Å². The van der Waals surface area contributed by atoms with Crippen molar-refractivity contribution in [2.24, 2.45) is 0 Å². The Kier molecular flexibility index (Phi) is 5.56. The van der Waals surface area contributed by atoms with Crippen LogP contribution in [-0.2, 0) is 35.7 Å². The third-order valence-corrected chi connectivity index (χ3v) is 7.98. The maximum absolute atomic E-state index is 12.6. The fourth-order valence-corrected chi connectivity index (χ4v) is 6.28. The molecule has 5 atom stereocenters. The summed E-state index contributed by atoms with van der Waals surface area (Å²) in [6.45, 7) is 1.99. The van der Waals surface area contributed by atoms with Gasteiger partial charge in [0.2, 0.25) is 0 Å². The van der Waals surface area contributed by atoms with Crippen LogP contribution in [0.4, 0.5) is 0 Å². The van der Waals surface area contributed by atoms with Gasteiger partial charge in [0.05, 0.1) is 31.0 Å². The smallest absolute Gasteiger partial charge is 0.344 e. The molecule has 2 bridgehead atoms. The van der Waals surface area contributed by atoms with Crippen LogP contribution < -0.4 is 9.47 Å². The zero-order valence-electron chi connectivity index (χ0n) is 19.9. The van der Waals surface area contributed by atoms with Crippen molar-refractivity contribution in [2.45, 2.75) is 68.3 Å². The zero-order chi connectivity index (χ0) is 25.1. The van der Waals surface area contributed by atoms with Crippen LogP contribution in [0.5, 0.6) is 11.5 Å². The van der Waals surface area contributed by atoms with Crippen molar-refractivity contribution < 1.29 is 43.5 Å². The molecule has 10 nitrogen and oxygen atoms in total. The second-order valence-electron chi connectivity index (χ2n) is 9.73. The first kappa shape index (κ1) is 23.6. The molecule has 188 valence electrons. The van der Waals surface area contributed by atoms with Crippen LogP contribution in [0.15, 0.2) is 24.0 Å². The second kappa shape index (κ2) is 8.23. The lowest BCUT2D eigenvalue weighted by molar-refractivity contribution is -0.170. The van der Waals surface area contributed by atoms with E-state index in [0.717, 1.165) is 17.7 Å². The molecule has 2 N–H and O–H groups in total. The van der Waals surface area contributed by atoms with E-state index in [1.165, 1.54) is 6.92 Å². The van der Waals surface area contributed by atoms with E-state index < -0.39 is 41.1 Å². The van der Waals surface area contributed by atoms with E-state index >= 15 is 0 Å². The highest BCUT2D eigenvalue weighted by Gasteiger charge is 2.72. The van der Waals surface area contributed by atoms with Crippen LogP contribution >= 0.6 is 0 Å². The summed E-state index contributed by atoms with van der Waals surface area (Å²) in [7, 11) is 3.58. The van der Waals surface area contributed by atoms with E-state index in [2.05, 4.69) is 4.90 Å². The lowest BCUT2D eigenvalue weighted by Crippen LogP contribution is -2.74. The van der Waals surface area contributed by atoms with Gasteiger partial charge in [-0.2, -0.15) is 0 Å². The molecule has 2 aliphatic carbocycles. The Morgan fingerprint density at radius 1 is 1.26 bits per heavy atom. The summed E-state index contributed by atoms with van der Waals surface area (Å²) in [5.74, 6) is -1.28. The predicted molar refractivity (Wildman–Crippen MR) is 120 cm³/mol. The van der Waals surface area contributed by atoms with Gasteiger partial charge in [0.15, 0.2) is 23.7 Å². The SMILES string of the molecule is COc1ccc2c3c1O[C@H]1C(OC(=O)CCC(=O)O[C@@H](C)C(=O)O)=CC[C@@]4(O)[C@H](C2)N(C)CC[C@]314. The number of aliphatic hydroxyl groups is 1. The van der Waals surface area contributed by atoms with Gasteiger partial charge in [-0.3, -0.25) is 9.59 Å². The average molecular weight is 488 g/mol. The largest absolute Gasteiger partial charge is 0.493 e. The number of methoxy groups -OCH3 is 1. The minimum absolute atomic E-state index is 0.117. The Hall–Kier alpha value is -3.11. The number of ether oxygens (including phenoxy) is 4. The Morgan fingerprint density at radius 3 is 2.71 bits per heavy atom. The predicted octanol–water partition coefficient (Wildman–Crippen LogP) is 1.31. The van der Waals surface area contributed by atoms with Crippen LogP contribution in [0.25, 0.3) is 0 Å². The first-order chi connectivity index (χ1) is 16.6. The molecule has 10 heteroatoms. The first-order valence-corrected chi connectivity index (χ1v) is 11.7. The van der Waals surface area contributed by atoms with E-state index in [1.54, 1.807) is 13.2 Å². The van der Waals surface area contributed by atoms with Crippen LogP contribution in [0.3, 0.4) is 0 Å². The molecule has 1 saturated heterocycles. The molecule has 0 aromatic heterocycles. The summed E-state index contributed by atoms with van der Waals surface area (Å²) in [5.41, 5.74) is 0.123. The number of carboxylic acid groups (broad SMARTS) is 1. The normalized spacial score (nSPS) is 30.9. The number of hydrogen-bond donors (Lipinski definition) is 2. The molecule has 35 heavy (non-hydrogen) atoms. The first-order valence-electron chi connectivity index (χ1n) is 11.7. The van der Waals surface area contributed by atoms with Gasteiger partial charge in [-0.25, -0.2) is 4.79 Å². The summed E-state index contributed by atoms with van der Waals surface area (Å²) < 4.78 is 22.4. The van der Waals surface area contributed by atoms with Gasteiger partial charge in [-0.1, -0.05) is 6.07 Å². The maximum Gasteiger partial charge on any atom is 0.344 e. The summed E-state index contributed by atoms with van der Waals surface area (Å²) >= 11 is 0. The molecule has 1 fully saturated rings. The number of nitrogens with zero attached hydrogens (tertiary/aromatic N) is 1. The monoisotopic (exact) mass is 487 g/mol. The molecular formula is C25H29NO9. The molecule has 4 aliphatic rings. The number of carbonyl (C=O) groups is 3. The van der Waals surface area contributed by atoms with Crippen molar-refractivity contribution in [3.05, 3.63) is 35.1 Å². The maximum atomic E-state index is 12.6. The van der Waals surface area contributed by atoms with E-state index in [4.69, 9.17) is 24.1 Å². The third-order valence-electron chi connectivity index (χ3n) is 7.98. The van der Waals surface area contributed by atoms with Gasteiger partial charge in [-0.05, 0) is 51.1 Å². The quantitative estimate of drug-likeness (QED) is 0.543. The number of esters is 2. The molecule has 1 aromatic rings. The molecule has 2 heterocycles. The van der Waals surface area contributed by atoms with Crippen LogP contribution in [0.2, 0.25) is 0 Å². The molecule has 1 aromatic carbocycles. The number of rotatable bonds is 7. The van der Waals surface area contributed by atoms with Crippen LogP contribution in [0.1, 0.15) is 43.7 Å². The molecule has 1 spiro atoms. The summed E-state index contributed by atoms with van der Waals surface area (Å²) in [5, 5.41) is 21.0. The van der Waals surface area contributed by atoms with E-state index in [0.29, 0.717) is 36.5 Å². The topological polar surface area (TPSA) is 132 Å². The molecule has 0 unspecified atom stereocenters. The fourth-order valence-electron chi connectivity index (χ4n) is 6.28. The van der Waals surface area contributed by atoms with Crippen molar-refractivity contribution in [1.82, 2.24) is 4.90 Å². The van der Waals surface area contributed by atoms with Crippen molar-refractivity contribution in [3.8, 4) is 11.5 Å². The number of benzene rings is 1. The number of carbonyl (C=O) groups excluding carboxylic acids is 2. The number of piperidine rings is 1. The highest BCUT2D eigenvalue weighted by molar-refractivity contribution is 5.81. The van der Waals surface area contributed by atoms with Gasteiger partial charge in [0.1, 0.15) is 5.76 Å². The summed E-state index contributed by atoms with van der Waals surface area (Å²) in [6, 6.07) is 3.76. The second-order valence-corrected chi connectivity index (χ2v) is 9.73. The lowest BCUT2D eigenvalue weighted by Gasteiger charge is -2.61. The summed E-state index contributed by atoms with van der Waals surface area (Å²) in [6.07, 6.45) is 0.689.